The van der Waals surface area contributed by atoms with Crippen LogP contribution in [-0.2, 0) is 28.9 Å². The summed E-state index contributed by atoms with van der Waals surface area (Å²) < 4.78 is 11.4. The van der Waals surface area contributed by atoms with Crippen LogP contribution in [0.4, 0.5) is 5.69 Å². The number of anilines is 1. The predicted octanol–water partition coefficient (Wildman–Crippen LogP) is 4.82. The highest BCUT2D eigenvalue weighted by atomic mass is 35.5. The number of nitrogens with one attached hydrogen (secondary N) is 1. The van der Waals surface area contributed by atoms with Gasteiger partial charge in [0, 0.05) is 36.0 Å². The quantitative estimate of drug-likeness (QED) is 0.494. The molecular formula is C26H26ClNO5. The molecule has 4 rings (SSSR count). The fourth-order valence-electron chi connectivity index (χ4n) is 4.02. The Morgan fingerprint density at radius 2 is 1.73 bits per heavy atom. The number of aliphatic carboxylic acids is 1. The first kappa shape index (κ1) is 24.1. The molecule has 3 aromatic rings. The van der Waals surface area contributed by atoms with E-state index >= 15 is 0 Å². The lowest BCUT2D eigenvalue weighted by molar-refractivity contribution is -0.142. The number of benzene rings is 3. The molecule has 0 aliphatic heterocycles. The molecule has 3 aromatic carbocycles. The number of hydrogen-bond acceptors (Lipinski definition) is 5. The maximum atomic E-state index is 12.2. The van der Waals surface area contributed by atoms with Crippen molar-refractivity contribution >= 4 is 30.0 Å². The van der Waals surface area contributed by atoms with Crippen LogP contribution in [0.25, 0.3) is 0 Å². The summed E-state index contributed by atoms with van der Waals surface area (Å²) in [4.78, 5) is 20.2. The second kappa shape index (κ2) is 10.9. The average Bonchev–Trinajstić information content (AvgIpc) is 3.21. The highest BCUT2D eigenvalue weighted by Gasteiger charge is 2.44. The number of fused-ring (bicyclic) bond motifs is 1. The smallest absolute Gasteiger partial charge is 0.330 e. The van der Waals surface area contributed by atoms with E-state index in [0.29, 0.717) is 48.1 Å². The SMILES string of the molecule is C=O.COc1cc(NC2(C(=O)O)Cc3ccccc3C2)ccc1OCCc1cccc(Cl)c1. The van der Waals surface area contributed by atoms with E-state index in [2.05, 4.69) is 5.32 Å². The van der Waals surface area contributed by atoms with Crippen LogP contribution < -0.4 is 14.8 Å². The maximum Gasteiger partial charge on any atom is 0.330 e. The zero-order chi connectivity index (χ0) is 23.8. The first-order valence-corrected chi connectivity index (χ1v) is 10.8. The molecule has 0 radical (unpaired) electrons. The van der Waals surface area contributed by atoms with E-state index in [1.165, 1.54) is 0 Å². The van der Waals surface area contributed by atoms with Gasteiger partial charge in [0.05, 0.1) is 13.7 Å². The fraction of sp³-hybridized carbons (Fsp3) is 0.231. The molecule has 33 heavy (non-hydrogen) atoms. The number of hydrogen-bond donors (Lipinski definition) is 2. The lowest BCUT2D eigenvalue weighted by atomic mass is 9.95. The molecule has 0 spiro atoms. The molecule has 172 valence electrons. The molecule has 0 saturated heterocycles. The van der Waals surface area contributed by atoms with Crippen molar-refractivity contribution in [2.24, 2.45) is 0 Å². The number of carbonyl (C=O) groups excluding carboxylic acids is 1. The van der Waals surface area contributed by atoms with Crippen molar-refractivity contribution in [2.45, 2.75) is 24.8 Å². The van der Waals surface area contributed by atoms with Crippen LogP contribution in [0.1, 0.15) is 16.7 Å². The zero-order valence-electron chi connectivity index (χ0n) is 18.3. The van der Waals surface area contributed by atoms with Crippen molar-refractivity contribution in [3.8, 4) is 11.5 Å². The highest BCUT2D eigenvalue weighted by Crippen LogP contribution is 2.36. The fourth-order valence-corrected chi connectivity index (χ4v) is 4.23. The van der Waals surface area contributed by atoms with Gasteiger partial charge in [-0.15, -0.1) is 0 Å². The van der Waals surface area contributed by atoms with Gasteiger partial charge in [-0.05, 0) is 41.0 Å². The summed E-state index contributed by atoms with van der Waals surface area (Å²) in [6.45, 7) is 2.47. The van der Waals surface area contributed by atoms with Crippen molar-refractivity contribution in [3.63, 3.8) is 0 Å². The Morgan fingerprint density at radius 1 is 1.03 bits per heavy atom. The minimum absolute atomic E-state index is 0.429. The van der Waals surface area contributed by atoms with Crippen LogP contribution >= 0.6 is 11.6 Å². The Bertz CT molecular complexity index is 1090. The topological polar surface area (TPSA) is 84.9 Å². The Hall–Kier alpha value is -3.51. The number of halogens is 1. The molecule has 0 aromatic heterocycles. The van der Waals surface area contributed by atoms with Crippen LogP contribution in [0.3, 0.4) is 0 Å². The molecule has 0 unspecified atom stereocenters. The molecule has 0 bridgehead atoms. The second-order valence-electron chi connectivity index (χ2n) is 7.73. The van der Waals surface area contributed by atoms with Gasteiger partial charge in [-0.1, -0.05) is 48.0 Å². The molecule has 0 atom stereocenters. The summed E-state index contributed by atoms with van der Waals surface area (Å²) >= 11 is 6.03. The maximum absolute atomic E-state index is 12.2. The molecule has 0 saturated carbocycles. The van der Waals surface area contributed by atoms with Gasteiger partial charge in [-0.3, -0.25) is 0 Å². The Labute approximate surface area is 198 Å². The molecule has 6 nitrogen and oxygen atoms in total. The van der Waals surface area contributed by atoms with Gasteiger partial charge in [0.15, 0.2) is 11.5 Å². The molecule has 1 aliphatic rings. The van der Waals surface area contributed by atoms with Crippen LogP contribution in [0.15, 0.2) is 66.7 Å². The van der Waals surface area contributed by atoms with Gasteiger partial charge in [0.25, 0.3) is 0 Å². The van der Waals surface area contributed by atoms with Crippen molar-refractivity contribution in [1.82, 2.24) is 0 Å². The number of carboxylic acid groups (broad SMARTS) is 1. The lowest BCUT2D eigenvalue weighted by Gasteiger charge is -2.27. The molecule has 1 aliphatic carbocycles. The second-order valence-corrected chi connectivity index (χ2v) is 8.16. The van der Waals surface area contributed by atoms with Crippen LogP contribution in [0.5, 0.6) is 11.5 Å². The number of rotatable bonds is 8. The van der Waals surface area contributed by atoms with E-state index in [-0.39, 0.29) is 0 Å². The number of methoxy groups -OCH3 is 1. The zero-order valence-corrected chi connectivity index (χ0v) is 19.1. The molecular weight excluding hydrogens is 442 g/mol. The standard InChI is InChI=1S/C25H24ClNO4.CH2O/c1-30-23-14-21(9-10-22(23)31-12-11-17-5-4-8-20(26)13-17)27-25(24(28)29)15-18-6-2-3-7-19(18)16-25;1-2/h2-10,13-14,27H,11-12,15-16H2,1H3,(H,28,29);1H2. The highest BCUT2D eigenvalue weighted by molar-refractivity contribution is 6.30. The molecule has 0 fully saturated rings. The summed E-state index contributed by atoms with van der Waals surface area (Å²) in [5.41, 5.74) is 2.81. The third kappa shape index (κ3) is 5.65. The van der Waals surface area contributed by atoms with E-state index in [0.717, 1.165) is 16.7 Å². The van der Waals surface area contributed by atoms with Crippen molar-refractivity contribution in [1.29, 1.82) is 0 Å². The minimum Gasteiger partial charge on any atom is -0.493 e. The molecule has 0 amide bonds. The monoisotopic (exact) mass is 467 g/mol. The summed E-state index contributed by atoms with van der Waals surface area (Å²) in [5, 5.41) is 13.9. The Balaban J connectivity index is 0.00000149. The van der Waals surface area contributed by atoms with Crippen LogP contribution in [0, 0.1) is 0 Å². The van der Waals surface area contributed by atoms with Gasteiger partial charge in [0.1, 0.15) is 12.3 Å². The summed E-state index contributed by atoms with van der Waals surface area (Å²) in [5.74, 6) is 0.283. The Morgan fingerprint density at radius 3 is 2.33 bits per heavy atom. The van der Waals surface area contributed by atoms with Gasteiger partial charge in [-0.25, -0.2) is 4.79 Å². The van der Waals surface area contributed by atoms with Gasteiger partial charge < -0.3 is 24.7 Å². The third-order valence-electron chi connectivity index (χ3n) is 5.60. The Kier molecular flexibility index (Phi) is 7.96. The van der Waals surface area contributed by atoms with Crippen LogP contribution in [0.2, 0.25) is 5.02 Å². The largest absolute Gasteiger partial charge is 0.493 e. The summed E-state index contributed by atoms with van der Waals surface area (Å²) in [7, 11) is 1.57. The van der Waals surface area contributed by atoms with Gasteiger partial charge >= 0.3 is 5.97 Å². The van der Waals surface area contributed by atoms with E-state index in [1.807, 2.05) is 61.4 Å². The lowest BCUT2D eigenvalue weighted by Crippen LogP contribution is -2.47. The first-order valence-electron chi connectivity index (χ1n) is 10.4. The van der Waals surface area contributed by atoms with Crippen molar-refractivity contribution < 1.29 is 24.2 Å². The summed E-state index contributed by atoms with van der Waals surface area (Å²) in [6, 6.07) is 20.9. The number of ether oxygens (including phenoxy) is 2. The average molecular weight is 468 g/mol. The van der Waals surface area contributed by atoms with E-state index in [4.69, 9.17) is 25.9 Å². The first-order chi connectivity index (χ1) is 16.0. The number of carbonyl (C=O) groups is 2. The molecule has 0 heterocycles. The molecule has 2 N–H and O–H groups in total. The predicted molar refractivity (Wildman–Crippen MR) is 129 cm³/mol. The van der Waals surface area contributed by atoms with E-state index in [1.54, 1.807) is 19.2 Å². The summed E-state index contributed by atoms with van der Waals surface area (Å²) in [6.07, 6.45) is 1.57. The van der Waals surface area contributed by atoms with Gasteiger partial charge in [-0.2, -0.15) is 0 Å². The van der Waals surface area contributed by atoms with E-state index < -0.39 is 11.5 Å². The van der Waals surface area contributed by atoms with Crippen LogP contribution in [-0.4, -0.2) is 37.1 Å². The minimum atomic E-state index is -1.08. The van der Waals surface area contributed by atoms with Crippen molar-refractivity contribution in [3.05, 3.63) is 88.4 Å². The third-order valence-corrected chi connectivity index (χ3v) is 5.83. The van der Waals surface area contributed by atoms with Gasteiger partial charge in [0.2, 0.25) is 0 Å². The normalized spacial score (nSPS) is 13.3. The molecule has 7 heteroatoms. The van der Waals surface area contributed by atoms with Crippen molar-refractivity contribution in [2.75, 3.05) is 19.0 Å². The van der Waals surface area contributed by atoms with E-state index in [9.17, 15) is 9.90 Å². The number of carboxylic acids is 1.